The van der Waals surface area contributed by atoms with Crippen molar-refractivity contribution in [1.82, 2.24) is 9.80 Å². The Balaban J connectivity index is 1.34. The molecule has 0 aromatic heterocycles. The maximum absolute atomic E-state index is 13.0. The largest absolute Gasteiger partial charge is 0.373 e. The molecule has 2 fully saturated rings. The van der Waals surface area contributed by atoms with E-state index in [1.54, 1.807) is 12.1 Å². The number of fused-ring (bicyclic) bond motifs is 1. The Morgan fingerprint density at radius 2 is 1.77 bits per heavy atom. The van der Waals surface area contributed by atoms with Gasteiger partial charge in [0, 0.05) is 44.8 Å². The monoisotopic (exact) mass is 435 g/mol. The zero-order valence-electron chi connectivity index (χ0n) is 18.2. The number of carbonyl (C=O) groups excluding carboxylic acids is 1. The van der Waals surface area contributed by atoms with Gasteiger partial charge in [-0.3, -0.25) is 14.0 Å². The number of ether oxygens (including phenoxy) is 1. The first-order valence-corrected chi connectivity index (χ1v) is 12.8. The number of anilines is 1. The van der Waals surface area contributed by atoms with Crippen molar-refractivity contribution in [1.29, 1.82) is 0 Å². The van der Waals surface area contributed by atoms with Gasteiger partial charge >= 0.3 is 0 Å². The molecule has 2 unspecified atom stereocenters. The minimum absolute atomic E-state index is 0.0580. The van der Waals surface area contributed by atoms with Crippen molar-refractivity contribution in [3.63, 3.8) is 0 Å². The number of rotatable bonds is 4. The second-order valence-electron chi connectivity index (χ2n) is 9.14. The number of morpholine rings is 1. The van der Waals surface area contributed by atoms with Gasteiger partial charge in [-0.2, -0.15) is 0 Å². The van der Waals surface area contributed by atoms with Crippen LogP contribution >= 0.6 is 0 Å². The smallest absolute Gasteiger partial charge is 0.253 e. The topological polar surface area (TPSA) is 70.2 Å². The van der Waals surface area contributed by atoms with E-state index in [0.29, 0.717) is 30.1 Å². The van der Waals surface area contributed by atoms with Crippen LogP contribution in [0.2, 0.25) is 0 Å². The average Bonchev–Trinajstić information content (AvgIpc) is 3.11. The number of piperidine rings is 1. The summed E-state index contributed by atoms with van der Waals surface area (Å²) >= 11 is 0. The summed E-state index contributed by atoms with van der Waals surface area (Å²) in [5, 5.41) is 0. The fourth-order valence-corrected chi connectivity index (χ4v) is 6.11. The van der Waals surface area contributed by atoms with Crippen molar-refractivity contribution in [2.75, 3.05) is 49.8 Å². The third kappa shape index (κ3) is 4.65. The highest BCUT2D eigenvalue weighted by atomic mass is 32.2. The molecule has 1 aromatic rings. The van der Waals surface area contributed by atoms with E-state index in [9.17, 15) is 13.2 Å². The van der Waals surface area contributed by atoms with Crippen LogP contribution < -0.4 is 4.31 Å². The van der Waals surface area contributed by atoms with Gasteiger partial charge in [0.25, 0.3) is 5.91 Å². The lowest BCUT2D eigenvalue weighted by Gasteiger charge is -2.39. The number of hydrogen-bond acceptors (Lipinski definition) is 5. The molecule has 0 radical (unpaired) electrons. The number of nitrogens with zero attached hydrogens (tertiary/aromatic N) is 3. The average molecular weight is 436 g/mol. The Kier molecular flexibility index (Phi) is 6.10. The van der Waals surface area contributed by atoms with Gasteiger partial charge in [0.1, 0.15) is 0 Å². The molecule has 1 amide bonds. The van der Waals surface area contributed by atoms with Crippen molar-refractivity contribution >= 4 is 21.6 Å². The van der Waals surface area contributed by atoms with Gasteiger partial charge < -0.3 is 9.64 Å². The second-order valence-corrected chi connectivity index (χ2v) is 11.0. The summed E-state index contributed by atoms with van der Waals surface area (Å²) in [6.45, 7) is 9.35. The molecule has 7 nitrogen and oxygen atoms in total. The van der Waals surface area contributed by atoms with E-state index in [1.165, 1.54) is 10.6 Å². The SMILES string of the molecule is CC1CN(CC2CCN(C(=O)c3ccc4c(c3)CCN4S(C)(=O)=O)CC2)CC(C)O1. The molecular weight excluding hydrogens is 402 g/mol. The zero-order valence-corrected chi connectivity index (χ0v) is 19.0. The molecule has 0 spiro atoms. The van der Waals surface area contributed by atoms with Gasteiger partial charge in [-0.25, -0.2) is 8.42 Å². The summed E-state index contributed by atoms with van der Waals surface area (Å²) in [5.41, 5.74) is 2.32. The molecule has 30 heavy (non-hydrogen) atoms. The maximum Gasteiger partial charge on any atom is 0.253 e. The first kappa shape index (κ1) is 21.6. The van der Waals surface area contributed by atoms with Crippen LogP contribution in [-0.2, 0) is 21.2 Å². The quantitative estimate of drug-likeness (QED) is 0.723. The lowest BCUT2D eigenvalue weighted by molar-refractivity contribution is -0.0728. The molecule has 3 heterocycles. The van der Waals surface area contributed by atoms with Crippen molar-refractivity contribution in [3.8, 4) is 0 Å². The molecule has 1 aromatic carbocycles. The fraction of sp³-hybridized carbons (Fsp3) is 0.682. The third-order valence-electron chi connectivity index (χ3n) is 6.49. The fourth-order valence-electron chi connectivity index (χ4n) is 5.15. The Morgan fingerprint density at radius 1 is 1.10 bits per heavy atom. The highest BCUT2D eigenvalue weighted by Crippen LogP contribution is 2.31. The molecule has 0 bridgehead atoms. The van der Waals surface area contributed by atoms with Crippen LogP contribution in [0.3, 0.4) is 0 Å². The van der Waals surface area contributed by atoms with E-state index in [4.69, 9.17) is 4.74 Å². The summed E-state index contributed by atoms with van der Waals surface area (Å²) in [5.74, 6) is 0.678. The summed E-state index contributed by atoms with van der Waals surface area (Å²) < 4.78 is 31.1. The van der Waals surface area contributed by atoms with E-state index in [-0.39, 0.29) is 18.1 Å². The number of carbonyl (C=O) groups is 1. The maximum atomic E-state index is 13.0. The second kappa shape index (κ2) is 8.48. The number of sulfonamides is 1. The van der Waals surface area contributed by atoms with Gasteiger partial charge in [0.15, 0.2) is 0 Å². The van der Waals surface area contributed by atoms with Crippen molar-refractivity contribution in [3.05, 3.63) is 29.3 Å². The molecule has 0 aliphatic carbocycles. The van der Waals surface area contributed by atoms with E-state index in [1.807, 2.05) is 11.0 Å². The minimum atomic E-state index is -3.27. The number of likely N-dealkylation sites (tertiary alicyclic amines) is 1. The lowest BCUT2D eigenvalue weighted by Crippen LogP contribution is -2.48. The Labute approximate surface area is 180 Å². The first-order valence-electron chi connectivity index (χ1n) is 11.0. The van der Waals surface area contributed by atoms with Crippen LogP contribution in [0, 0.1) is 5.92 Å². The van der Waals surface area contributed by atoms with Crippen molar-refractivity contribution < 1.29 is 17.9 Å². The van der Waals surface area contributed by atoms with Crippen LogP contribution in [0.1, 0.15) is 42.6 Å². The van der Waals surface area contributed by atoms with Crippen molar-refractivity contribution in [2.24, 2.45) is 5.92 Å². The Hall–Kier alpha value is -1.64. The van der Waals surface area contributed by atoms with E-state index in [0.717, 1.165) is 51.1 Å². The number of hydrogen-bond donors (Lipinski definition) is 0. The molecule has 0 saturated carbocycles. The van der Waals surface area contributed by atoms with Gasteiger partial charge in [0.05, 0.1) is 24.2 Å². The van der Waals surface area contributed by atoms with Crippen LogP contribution in [0.4, 0.5) is 5.69 Å². The lowest BCUT2D eigenvalue weighted by atomic mass is 9.95. The van der Waals surface area contributed by atoms with Crippen molar-refractivity contribution in [2.45, 2.75) is 45.3 Å². The minimum Gasteiger partial charge on any atom is -0.373 e. The molecule has 4 rings (SSSR count). The summed E-state index contributed by atoms with van der Waals surface area (Å²) in [6.07, 6.45) is 4.51. The highest BCUT2D eigenvalue weighted by Gasteiger charge is 2.30. The predicted molar refractivity (Wildman–Crippen MR) is 117 cm³/mol. The van der Waals surface area contributed by atoms with Crippen LogP contribution in [-0.4, -0.2) is 81.9 Å². The molecule has 0 N–H and O–H groups in total. The van der Waals surface area contributed by atoms with Crippen LogP contribution in [0.5, 0.6) is 0 Å². The first-order chi connectivity index (χ1) is 14.2. The normalized spacial score (nSPS) is 26.1. The van der Waals surface area contributed by atoms with E-state index in [2.05, 4.69) is 18.7 Å². The molecule has 3 aliphatic heterocycles. The van der Waals surface area contributed by atoms with E-state index >= 15 is 0 Å². The Bertz CT molecular complexity index is 886. The molecular formula is C22H33N3O4S. The predicted octanol–water partition coefficient (Wildman–Crippen LogP) is 1.97. The zero-order chi connectivity index (χ0) is 21.5. The summed E-state index contributed by atoms with van der Waals surface area (Å²) in [6, 6.07) is 5.43. The third-order valence-corrected chi connectivity index (χ3v) is 7.67. The van der Waals surface area contributed by atoms with E-state index < -0.39 is 10.0 Å². The van der Waals surface area contributed by atoms with Gasteiger partial charge in [-0.1, -0.05) is 0 Å². The number of amides is 1. The number of benzene rings is 1. The Morgan fingerprint density at radius 3 is 2.40 bits per heavy atom. The molecule has 166 valence electrons. The summed E-state index contributed by atoms with van der Waals surface area (Å²) in [4.78, 5) is 17.5. The van der Waals surface area contributed by atoms with Gasteiger partial charge in [-0.15, -0.1) is 0 Å². The highest BCUT2D eigenvalue weighted by molar-refractivity contribution is 7.92. The van der Waals surface area contributed by atoms with Gasteiger partial charge in [0.2, 0.25) is 10.0 Å². The molecule has 3 aliphatic rings. The van der Waals surface area contributed by atoms with Gasteiger partial charge in [-0.05, 0) is 62.8 Å². The van der Waals surface area contributed by atoms with Crippen LogP contribution in [0.25, 0.3) is 0 Å². The standard InChI is InChI=1S/C22H33N3O4S/c1-16-13-23(14-17(2)29-16)15-18-6-9-24(10-7-18)22(26)20-4-5-21-19(12-20)8-11-25(21)30(3,27)28/h4-5,12,16-18H,6-11,13-15H2,1-3H3. The molecule has 8 heteroatoms. The molecule has 2 saturated heterocycles. The molecule has 2 atom stereocenters. The summed E-state index contributed by atoms with van der Waals surface area (Å²) in [7, 11) is -3.27. The van der Waals surface area contributed by atoms with Crippen LogP contribution in [0.15, 0.2) is 18.2 Å².